The van der Waals surface area contributed by atoms with E-state index in [9.17, 15) is 9.90 Å². The predicted molar refractivity (Wildman–Crippen MR) is 79.5 cm³/mol. The van der Waals surface area contributed by atoms with E-state index in [0.717, 1.165) is 5.56 Å². The van der Waals surface area contributed by atoms with Crippen molar-refractivity contribution in [2.45, 2.75) is 18.8 Å². The fourth-order valence-electron chi connectivity index (χ4n) is 2.07. The zero-order chi connectivity index (χ0) is 15.0. The highest BCUT2D eigenvalue weighted by Crippen LogP contribution is 2.24. The van der Waals surface area contributed by atoms with Crippen LogP contribution in [0.1, 0.15) is 12.0 Å². The Morgan fingerprint density at radius 3 is 2.76 bits per heavy atom. The summed E-state index contributed by atoms with van der Waals surface area (Å²) in [7, 11) is 0. The van der Waals surface area contributed by atoms with Crippen LogP contribution in [0.4, 0.5) is 0 Å². The maximum atomic E-state index is 10.9. The molecule has 2 atom stereocenters. The molecule has 1 N–H and O–H groups in total. The third kappa shape index (κ3) is 4.63. The molecular weight excluding hydrogens is 268 g/mol. The van der Waals surface area contributed by atoms with Gasteiger partial charge < -0.3 is 19.4 Å². The number of allylic oxidation sites excluding steroid dienone is 2. The molecule has 0 fully saturated rings. The average molecular weight is 288 g/mol. The Kier molecular flexibility index (Phi) is 5.87. The first-order chi connectivity index (χ1) is 10.2. The summed E-state index contributed by atoms with van der Waals surface area (Å²) in [6, 6.07) is 9.92. The highest BCUT2D eigenvalue weighted by atomic mass is 16.6. The minimum absolute atomic E-state index is 0.327. The standard InChI is InChI=1S/C17H20O4/c18-13-16-9-4-5-10-17(16,19)21-12-6-11-20-14-15-7-2-1-3-8-15/h1-5,7-10,13,16,19H,6,11-12,14H2. The van der Waals surface area contributed by atoms with Gasteiger partial charge in [0.05, 0.1) is 19.1 Å². The Labute approximate surface area is 124 Å². The molecule has 112 valence electrons. The molecule has 1 aromatic rings. The molecule has 0 saturated carbocycles. The number of aliphatic hydroxyl groups is 1. The number of ether oxygens (including phenoxy) is 2. The van der Waals surface area contributed by atoms with Gasteiger partial charge in [0.25, 0.3) is 0 Å². The highest BCUT2D eigenvalue weighted by molar-refractivity contribution is 5.60. The van der Waals surface area contributed by atoms with Crippen molar-refractivity contribution in [1.82, 2.24) is 0 Å². The third-order valence-electron chi connectivity index (χ3n) is 3.27. The Balaban J connectivity index is 1.64. The molecule has 0 spiro atoms. The zero-order valence-corrected chi connectivity index (χ0v) is 11.9. The highest BCUT2D eigenvalue weighted by Gasteiger charge is 2.34. The molecule has 0 aliphatic heterocycles. The number of rotatable bonds is 8. The van der Waals surface area contributed by atoms with Gasteiger partial charge in [-0.05, 0) is 18.1 Å². The first-order valence-corrected chi connectivity index (χ1v) is 7.04. The topological polar surface area (TPSA) is 55.8 Å². The van der Waals surface area contributed by atoms with Gasteiger partial charge in [0.1, 0.15) is 6.29 Å². The molecule has 0 saturated heterocycles. The lowest BCUT2D eigenvalue weighted by Gasteiger charge is -2.30. The van der Waals surface area contributed by atoms with Crippen LogP contribution >= 0.6 is 0 Å². The van der Waals surface area contributed by atoms with Gasteiger partial charge in [-0.1, -0.05) is 48.6 Å². The van der Waals surface area contributed by atoms with E-state index in [0.29, 0.717) is 32.5 Å². The summed E-state index contributed by atoms with van der Waals surface area (Å²) in [4.78, 5) is 10.9. The van der Waals surface area contributed by atoms with Gasteiger partial charge in [-0.2, -0.15) is 0 Å². The van der Waals surface area contributed by atoms with Crippen LogP contribution in [0.15, 0.2) is 54.6 Å². The second-order valence-electron chi connectivity index (χ2n) is 4.90. The maximum Gasteiger partial charge on any atom is 0.198 e. The lowest BCUT2D eigenvalue weighted by Crippen LogP contribution is -2.40. The monoisotopic (exact) mass is 288 g/mol. The van der Waals surface area contributed by atoms with Gasteiger partial charge in [-0.15, -0.1) is 0 Å². The molecule has 21 heavy (non-hydrogen) atoms. The van der Waals surface area contributed by atoms with E-state index in [-0.39, 0.29) is 0 Å². The molecule has 4 nitrogen and oxygen atoms in total. The fourth-order valence-corrected chi connectivity index (χ4v) is 2.07. The quantitative estimate of drug-likeness (QED) is 0.453. The molecule has 0 heterocycles. The van der Waals surface area contributed by atoms with Crippen LogP contribution < -0.4 is 0 Å². The Hall–Kier alpha value is -1.75. The van der Waals surface area contributed by atoms with Crippen LogP contribution in [0.5, 0.6) is 0 Å². The molecule has 4 heteroatoms. The summed E-state index contributed by atoms with van der Waals surface area (Å²) in [6.07, 6.45) is 7.85. The predicted octanol–water partition coefficient (Wildman–Crippen LogP) is 2.24. The molecule has 1 aromatic carbocycles. The van der Waals surface area contributed by atoms with E-state index in [4.69, 9.17) is 9.47 Å². The largest absolute Gasteiger partial charge is 0.377 e. The summed E-state index contributed by atoms with van der Waals surface area (Å²) in [5, 5.41) is 10.2. The summed E-state index contributed by atoms with van der Waals surface area (Å²) < 4.78 is 11.0. The van der Waals surface area contributed by atoms with E-state index < -0.39 is 11.7 Å². The van der Waals surface area contributed by atoms with Gasteiger partial charge in [-0.25, -0.2) is 0 Å². The van der Waals surface area contributed by atoms with Gasteiger partial charge >= 0.3 is 0 Å². The minimum atomic E-state index is -1.53. The summed E-state index contributed by atoms with van der Waals surface area (Å²) >= 11 is 0. The molecule has 1 aliphatic carbocycles. The molecule has 2 unspecified atom stereocenters. The minimum Gasteiger partial charge on any atom is -0.377 e. The zero-order valence-electron chi connectivity index (χ0n) is 11.9. The Morgan fingerprint density at radius 2 is 2.00 bits per heavy atom. The first-order valence-electron chi connectivity index (χ1n) is 7.04. The Morgan fingerprint density at radius 1 is 1.19 bits per heavy atom. The van der Waals surface area contributed by atoms with Crippen molar-refractivity contribution in [2.75, 3.05) is 13.2 Å². The van der Waals surface area contributed by atoms with E-state index in [1.165, 1.54) is 6.08 Å². The van der Waals surface area contributed by atoms with Crippen molar-refractivity contribution in [1.29, 1.82) is 0 Å². The van der Waals surface area contributed by atoms with Gasteiger partial charge in [0, 0.05) is 6.61 Å². The maximum absolute atomic E-state index is 10.9. The van der Waals surface area contributed by atoms with Crippen molar-refractivity contribution >= 4 is 6.29 Å². The van der Waals surface area contributed by atoms with E-state index in [1.54, 1.807) is 18.2 Å². The van der Waals surface area contributed by atoms with Crippen LogP contribution in [0.2, 0.25) is 0 Å². The van der Waals surface area contributed by atoms with Crippen molar-refractivity contribution in [2.24, 2.45) is 5.92 Å². The molecule has 2 rings (SSSR count). The fraction of sp³-hybridized carbons (Fsp3) is 0.353. The molecule has 1 aliphatic rings. The lowest BCUT2D eigenvalue weighted by atomic mass is 9.95. The number of hydrogen-bond acceptors (Lipinski definition) is 4. The number of carbonyl (C=O) groups excluding carboxylic acids is 1. The van der Waals surface area contributed by atoms with Crippen LogP contribution in [0.3, 0.4) is 0 Å². The van der Waals surface area contributed by atoms with E-state index in [2.05, 4.69) is 0 Å². The second kappa shape index (κ2) is 7.88. The Bertz CT molecular complexity index is 495. The smallest absolute Gasteiger partial charge is 0.198 e. The van der Waals surface area contributed by atoms with Crippen LogP contribution in [-0.2, 0) is 20.9 Å². The van der Waals surface area contributed by atoms with Crippen molar-refractivity contribution < 1.29 is 19.4 Å². The molecule has 0 aromatic heterocycles. The number of hydrogen-bond donors (Lipinski definition) is 1. The number of aldehydes is 1. The summed E-state index contributed by atoms with van der Waals surface area (Å²) in [6.45, 7) is 1.43. The van der Waals surface area contributed by atoms with Crippen molar-refractivity contribution in [3.63, 3.8) is 0 Å². The lowest BCUT2D eigenvalue weighted by molar-refractivity contribution is -0.191. The molecule has 0 bridgehead atoms. The molecular formula is C17H20O4. The molecule has 0 radical (unpaired) electrons. The normalized spacial score (nSPS) is 24.1. The first kappa shape index (κ1) is 15.6. The van der Waals surface area contributed by atoms with Gasteiger partial charge in [0.2, 0.25) is 0 Å². The average Bonchev–Trinajstić information content (AvgIpc) is 2.52. The van der Waals surface area contributed by atoms with Crippen LogP contribution in [-0.4, -0.2) is 30.4 Å². The van der Waals surface area contributed by atoms with E-state index in [1.807, 2.05) is 30.3 Å². The van der Waals surface area contributed by atoms with E-state index >= 15 is 0 Å². The number of carbonyl (C=O) groups is 1. The molecule has 0 amide bonds. The van der Waals surface area contributed by atoms with Gasteiger partial charge in [0.15, 0.2) is 5.79 Å². The van der Waals surface area contributed by atoms with Crippen LogP contribution in [0.25, 0.3) is 0 Å². The van der Waals surface area contributed by atoms with Gasteiger partial charge in [-0.3, -0.25) is 0 Å². The van der Waals surface area contributed by atoms with Crippen molar-refractivity contribution in [3.05, 3.63) is 60.2 Å². The third-order valence-corrected chi connectivity index (χ3v) is 3.27. The number of benzene rings is 1. The van der Waals surface area contributed by atoms with Crippen molar-refractivity contribution in [3.8, 4) is 0 Å². The summed E-state index contributed by atoms with van der Waals surface area (Å²) in [5.41, 5.74) is 1.12. The van der Waals surface area contributed by atoms with Crippen LogP contribution in [0, 0.1) is 5.92 Å². The summed E-state index contributed by atoms with van der Waals surface area (Å²) in [5.74, 6) is -2.19. The SMILES string of the molecule is O=CC1C=CC=CC1(O)OCCCOCc1ccccc1. The second-order valence-corrected chi connectivity index (χ2v) is 4.90.